The zero-order chi connectivity index (χ0) is 9.35. The van der Waals surface area contributed by atoms with Crippen LogP contribution < -0.4 is 0 Å². The minimum Gasteiger partial charge on any atom is -0.195 e. The minimum absolute atomic E-state index is 0.0480. The summed E-state index contributed by atoms with van der Waals surface area (Å²) >= 11 is 4.63. The van der Waals surface area contributed by atoms with Crippen molar-refractivity contribution in [2.75, 3.05) is 0 Å². The van der Waals surface area contributed by atoms with Gasteiger partial charge in [0.25, 0.3) is 0 Å². The summed E-state index contributed by atoms with van der Waals surface area (Å²) in [4.78, 5) is 0. The molecule has 0 aromatic carbocycles. The number of rotatable bonds is 0. The molecular formula is C8H9BrN2S. The average Bonchev–Trinajstić information content (AvgIpc) is 2.29. The van der Waals surface area contributed by atoms with Gasteiger partial charge in [-0.1, -0.05) is 20.8 Å². The van der Waals surface area contributed by atoms with Crippen LogP contribution in [-0.2, 0) is 5.41 Å². The zero-order valence-corrected chi connectivity index (χ0v) is 9.58. The van der Waals surface area contributed by atoms with E-state index in [0.717, 1.165) is 9.48 Å². The molecule has 0 fully saturated rings. The van der Waals surface area contributed by atoms with E-state index >= 15 is 0 Å². The summed E-state index contributed by atoms with van der Waals surface area (Å²) in [6.07, 6.45) is 0. The van der Waals surface area contributed by atoms with Crippen molar-refractivity contribution in [3.05, 3.63) is 15.0 Å². The Balaban J connectivity index is 3.28. The molecule has 0 saturated heterocycles. The Morgan fingerprint density at radius 1 is 1.50 bits per heavy atom. The summed E-state index contributed by atoms with van der Waals surface area (Å²) in [6.45, 7) is 6.15. The van der Waals surface area contributed by atoms with E-state index in [2.05, 4.69) is 47.1 Å². The fourth-order valence-electron chi connectivity index (χ4n) is 0.879. The van der Waals surface area contributed by atoms with Gasteiger partial charge in [0, 0.05) is 5.41 Å². The van der Waals surface area contributed by atoms with Gasteiger partial charge < -0.3 is 0 Å². The van der Waals surface area contributed by atoms with Crippen LogP contribution in [0.5, 0.6) is 0 Å². The summed E-state index contributed by atoms with van der Waals surface area (Å²) in [5.41, 5.74) is 1.50. The molecule has 0 atom stereocenters. The highest BCUT2D eigenvalue weighted by molar-refractivity contribution is 9.11. The van der Waals surface area contributed by atoms with Gasteiger partial charge in [-0.15, -0.1) is 0 Å². The van der Waals surface area contributed by atoms with Crippen molar-refractivity contribution in [2.24, 2.45) is 0 Å². The summed E-state index contributed by atoms with van der Waals surface area (Å²) in [6, 6.07) is 2.15. The first-order chi connectivity index (χ1) is 5.46. The lowest BCUT2D eigenvalue weighted by molar-refractivity contribution is 0.574. The molecule has 1 aromatic heterocycles. The molecule has 0 aliphatic rings. The number of nitriles is 1. The second kappa shape index (κ2) is 3.15. The Hall–Kier alpha value is -0.400. The summed E-state index contributed by atoms with van der Waals surface area (Å²) < 4.78 is 5.06. The monoisotopic (exact) mass is 244 g/mol. The van der Waals surface area contributed by atoms with E-state index in [1.54, 1.807) is 0 Å². The Bertz CT molecular complexity index is 330. The Morgan fingerprint density at radius 3 is 2.42 bits per heavy atom. The number of hydrogen-bond donors (Lipinski definition) is 0. The van der Waals surface area contributed by atoms with Crippen molar-refractivity contribution < 1.29 is 0 Å². The predicted octanol–water partition coefficient (Wildman–Crippen LogP) is 3.07. The second-order valence-electron chi connectivity index (χ2n) is 3.54. The maximum absolute atomic E-state index is 8.84. The third-order valence-electron chi connectivity index (χ3n) is 1.47. The Kier molecular flexibility index (Phi) is 2.55. The zero-order valence-electron chi connectivity index (χ0n) is 7.18. The average molecular weight is 245 g/mol. The molecule has 0 aliphatic carbocycles. The van der Waals surface area contributed by atoms with Crippen molar-refractivity contribution in [3.8, 4) is 6.07 Å². The lowest BCUT2D eigenvalue weighted by atomic mass is 9.90. The van der Waals surface area contributed by atoms with Crippen molar-refractivity contribution >= 4 is 27.5 Å². The van der Waals surface area contributed by atoms with E-state index in [9.17, 15) is 0 Å². The molecule has 12 heavy (non-hydrogen) atoms. The van der Waals surface area contributed by atoms with E-state index in [1.807, 2.05) is 0 Å². The molecule has 0 unspecified atom stereocenters. The highest BCUT2D eigenvalue weighted by atomic mass is 79.9. The number of halogens is 1. The molecule has 0 saturated carbocycles. The van der Waals surface area contributed by atoms with Crippen LogP contribution in [0.4, 0.5) is 0 Å². The molecule has 0 radical (unpaired) electrons. The molecule has 0 aliphatic heterocycles. The molecule has 0 bridgehead atoms. The maximum Gasteiger partial charge on any atom is 0.109 e. The fourth-order valence-corrected chi connectivity index (χ4v) is 2.14. The van der Waals surface area contributed by atoms with Crippen molar-refractivity contribution in [1.82, 2.24) is 4.37 Å². The second-order valence-corrected chi connectivity index (χ2v) is 5.63. The van der Waals surface area contributed by atoms with E-state index in [0.29, 0.717) is 5.56 Å². The van der Waals surface area contributed by atoms with Crippen molar-refractivity contribution in [3.63, 3.8) is 0 Å². The van der Waals surface area contributed by atoms with E-state index in [-0.39, 0.29) is 5.41 Å². The minimum atomic E-state index is -0.0480. The summed E-state index contributed by atoms with van der Waals surface area (Å²) in [5, 5.41) is 8.84. The highest BCUT2D eigenvalue weighted by Gasteiger charge is 2.23. The largest absolute Gasteiger partial charge is 0.195 e. The predicted molar refractivity (Wildman–Crippen MR) is 53.2 cm³/mol. The first kappa shape index (κ1) is 9.69. The van der Waals surface area contributed by atoms with Crippen LogP contribution in [0.25, 0.3) is 0 Å². The number of aromatic nitrogens is 1. The lowest BCUT2D eigenvalue weighted by Crippen LogP contribution is -2.13. The first-order valence-electron chi connectivity index (χ1n) is 3.52. The fraction of sp³-hybridized carbons (Fsp3) is 0.500. The van der Waals surface area contributed by atoms with Gasteiger partial charge in [-0.05, 0) is 27.5 Å². The van der Waals surface area contributed by atoms with E-state index < -0.39 is 0 Å². The van der Waals surface area contributed by atoms with Gasteiger partial charge in [-0.2, -0.15) is 9.64 Å². The van der Waals surface area contributed by atoms with Crippen LogP contribution in [0.15, 0.2) is 3.79 Å². The van der Waals surface area contributed by atoms with Gasteiger partial charge in [-0.25, -0.2) is 0 Å². The molecule has 4 heteroatoms. The normalized spacial score (nSPS) is 11.2. The standard InChI is InChI=1S/C8H9BrN2S/c1-8(2,3)6-5(4-10)7(9)12-11-6/h1-3H3. The third kappa shape index (κ3) is 1.67. The Labute approximate surface area is 84.5 Å². The van der Waals surface area contributed by atoms with Gasteiger partial charge in [0.15, 0.2) is 0 Å². The Morgan fingerprint density at radius 2 is 2.08 bits per heavy atom. The highest BCUT2D eigenvalue weighted by Crippen LogP contribution is 2.31. The molecule has 0 N–H and O–H groups in total. The lowest BCUT2D eigenvalue weighted by Gasteiger charge is -2.14. The van der Waals surface area contributed by atoms with Gasteiger partial charge in [0.2, 0.25) is 0 Å². The molecule has 0 amide bonds. The summed E-state index contributed by atoms with van der Waals surface area (Å²) in [5.74, 6) is 0. The van der Waals surface area contributed by atoms with E-state index in [4.69, 9.17) is 5.26 Å². The van der Waals surface area contributed by atoms with Crippen molar-refractivity contribution in [1.29, 1.82) is 5.26 Å². The molecule has 1 rings (SSSR count). The van der Waals surface area contributed by atoms with Crippen LogP contribution in [0.3, 0.4) is 0 Å². The van der Waals surface area contributed by atoms with Crippen LogP contribution >= 0.6 is 27.5 Å². The van der Waals surface area contributed by atoms with Gasteiger partial charge in [0.1, 0.15) is 15.4 Å². The molecule has 2 nitrogen and oxygen atoms in total. The first-order valence-corrected chi connectivity index (χ1v) is 5.09. The molecular weight excluding hydrogens is 236 g/mol. The van der Waals surface area contributed by atoms with Gasteiger partial charge in [-0.3, -0.25) is 0 Å². The van der Waals surface area contributed by atoms with Crippen LogP contribution in [-0.4, -0.2) is 4.37 Å². The van der Waals surface area contributed by atoms with Crippen molar-refractivity contribution in [2.45, 2.75) is 26.2 Å². The number of hydrogen-bond acceptors (Lipinski definition) is 3. The summed E-state index contributed by atoms with van der Waals surface area (Å²) in [7, 11) is 0. The molecule has 1 aromatic rings. The van der Waals surface area contributed by atoms with Gasteiger partial charge in [0.05, 0.1) is 5.69 Å². The quantitative estimate of drug-likeness (QED) is 0.704. The smallest absolute Gasteiger partial charge is 0.109 e. The number of nitrogens with zero attached hydrogens (tertiary/aromatic N) is 2. The van der Waals surface area contributed by atoms with Crippen LogP contribution in [0.1, 0.15) is 32.0 Å². The SMILES string of the molecule is CC(C)(C)c1nsc(Br)c1C#N. The third-order valence-corrected chi connectivity index (χ3v) is 2.94. The molecule has 1 heterocycles. The van der Waals surface area contributed by atoms with Crippen LogP contribution in [0.2, 0.25) is 0 Å². The van der Waals surface area contributed by atoms with Gasteiger partial charge >= 0.3 is 0 Å². The van der Waals surface area contributed by atoms with E-state index in [1.165, 1.54) is 11.5 Å². The molecule has 0 spiro atoms. The van der Waals surface area contributed by atoms with Crippen LogP contribution in [0, 0.1) is 11.3 Å². The maximum atomic E-state index is 8.84. The molecule has 64 valence electrons. The topological polar surface area (TPSA) is 36.7 Å².